The zero-order chi connectivity index (χ0) is 17.4. The minimum atomic E-state index is -0.192. The maximum atomic E-state index is 11.9. The van der Waals surface area contributed by atoms with E-state index < -0.39 is 0 Å². The summed E-state index contributed by atoms with van der Waals surface area (Å²) in [7, 11) is 2.11. The Labute approximate surface area is 142 Å². The number of hydrogen-bond acceptors (Lipinski definition) is 5. The number of nitrogens with one attached hydrogen (secondary N) is 2. The van der Waals surface area contributed by atoms with Gasteiger partial charge in [0.05, 0.1) is 5.69 Å². The smallest absolute Gasteiger partial charge is 0.319 e. The van der Waals surface area contributed by atoms with E-state index in [9.17, 15) is 4.79 Å². The second-order valence-corrected chi connectivity index (χ2v) is 5.96. The van der Waals surface area contributed by atoms with Crippen molar-refractivity contribution in [3.05, 3.63) is 30.6 Å². The largest absolute Gasteiger partial charge is 0.338 e. The molecular formula is C16H25N7O. The fourth-order valence-electron chi connectivity index (χ4n) is 2.10. The Kier molecular flexibility index (Phi) is 6.68. The van der Waals surface area contributed by atoms with E-state index in [0.29, 0.717) is 12.6 Å². The number of nitrogens with zero attached hydrogens (tertiary/aromatic N) is 5. The number of rotatable bonds is 8. The summed E-state index contributed by atoms with van der Waals surface area (Å²) in [4.78, 5) is 14.2. The molecule has 0 atom stereocenters. The molecule has 0 spiro atoms. The van der Waals surface area contributed by atoms with Gasteiger partial charge in [-0.1, -0.05) is 0 Å². The lowest BCUT2D eigenvalue weighted by molar-refractivity contribution is 0.250. The maximum Gasteiger partial charge on any atom is 0.319 e. The normalized spacial score (nSPS) is 11.0. The average molecular weight is 331 g/mol. The zero-order valence-corrected chi connectivity index (χ0v) is 14.4. The van der Waals surface area contributed by atoms with E-state index in [1.807, 2.05) is 24.3 Å². The molecule has 2 N–H and O–H groups in total. The monoisotopic (exact) mass is 331 g/mol. The minimum Gasteiger partial charge on any atom is -0.338 e. The number of carbonyl (C=O) groups is 1. The van der Waals surface area contributed by atoms with Crippen LogP contribution in [0.25, 0.3) is 5.69 Å². The zero-order valence-electron chi connectivity index (χ0n) is 14.4. The summed E-state index contributed by atoms with van der Waals surface area (Å²) >= 11 is 0. The van der Waals surface area contributed by atoms with Crippen LogP contribution in [-0.2, 0) is 0 Å². The lowest BCUT2D eigenvalue weighted by Crippen LogP contribution is -2.31. The standard InChI is InChI=1S/C16H25N7O/c1-13(2)22(3)11-5-4-10-17-16(24)19-14-6-8-15(9-7-14)23-12-18-20-21-23/h6-9,12-13H,4-5,10-11H2,1-3H3,(H2,17,19,24). The molecule has 0 aliphatic heterocycles. The van der Waals surface area contributed by atoms with Crippen molar-refractivity contribution in [2.75, 3.05) is 25.5 Å². The first kappa shape index (κ1) is 17.9. The van der Waals surface area contributed by atoms with Crippen LogP contribution in [0.4, 0.5) is 10.5 Å². The summed E-state index contributed by atoms with van der Waals surface area (Å²) < 4.78 is 1.55. The SMILES string of the molecule is CC(C)N(C)CCCCNC(=O)Nc1ccc(-n2cnnn2)cc1. The van der Waals surface area contributed by atoms with Gasteiger partial charge >= 0.3 is 6.03 Å². The molecule has 1 heterocycles. The number of tetrazole rings is 1. The van der Waals surface area contributed by atoms with Crippen LogP contribution in [0, 0.1) is 0 Å². The highest BCUT2D eigenvalue weighted by Gasteiger charge is 2.04. The van der Waals surface area contributed by atoms with Crippen molar-refractivity contribution in [1.82, 2.24) is 30.4 Å². The van der Waals surface area contributed by atoms with E-state index in [-0.39, 0.29) is 6.03 Å². The number of hydrogen-bond donors (Lipinski definition) is 2. The molecule has 1 aromatic heterocycles. The third-order valence-electron chi connectivity index (χ3n) is 3.84. The van der Waals surface area contributed by atoms with Crippen LogP contribution in [0.1, 0.15) is 26.7 Å². The van der Waals surface area contributed by atoms with Crippen LogP contribution < -0.4 is 10.6 Å². The molecule has 1 aromatic carbocycles. The van der Waals surface area contributed by atoms with Gasteiger partial charge in [0.25, 0.3) is 0 Å². The van der Waals surface area contributed by atoms with E-state index in [4.69, 9.17) is 0 Å². The fraction of sp³-hybridized carbons (Fsp3) is 0.500. The van der Waals surface area contributed by atoms with Crippen LogP contribution in [0.3, 0.4) is 0 Å². The van der Waals surface area contributed by atoms with E-state index >= 15 is 0 Å². The van der Waals surface area contributed by atoms with Gasteiger partial charge in [0, 0.05) is 18.3 Å². The molecule has 2 amide bonds. The Hall–Kier alpha value is -2.48. The van der Waals surface area contributed by atoms with Crippen molar-refractivity contribution in [2.24, 2.45) is 0 Å². The first-order valence-electron chi connectivity index (χ1n) is 8.15. The number of carbonyl (C=O) groups excluding carboxylic acids is 1. The number of benzene rings is 1. The molecule has 0 unspecified atom stereocenters. The van der Waals surface area contributed by atoms with Crippen molar-refractivity contribution in [2.45, 2.75) is 32.7 Å². The molecule has 2 rings (SSSR count). The fourth-order valence-corrected chi connectivity index (χ4v) is 2.10. The van der Waals surface area contributed by atoms with E-state index in [2.05, 4.69) is 52.0 Å². The molecule has 0 saturated carbocycles. The summed E-state index contributed by atoms with van der Waals surface area (Å²) in [6, 6.07) is 7.67. The van der Waals surface area contributed by atoms with Gasteiger partial charge in [-0.2, -0.15) is 0 Å². The lowest BCUT2D eigenvalue weighted by atomic mass is 10.2. The molecule has 0 saturated heterocycles. The summed E-state index contributed by atoms with van der Waals surface area (Å²) in [5.74, 6) is 0. The third-order valence-corrected chi connectivity index (χ3v) is 3.84. The molecular weight excluding hydrogens is 306 g/mol. The van der Waals surface area contributed by atoms with Crippen molar-refractivity contribution >= 4 is 11.7 Å². The topological polar surface area (TPSA) is 88.0 Å². The third kappa shape index (κ3) is 5.62. The molecule has 2 aromatic rings. The second-order valence-electron chi connectivity index (χ2n) is 5.96. The first-order valence-corrected chi connectivity index (χ1v) is 8.15. The lowest BCUT2D eigenvalue weighted by Gasteiger charge is -2.20. The number of aromatic nitrogens is 4. The van der Waals surface area contributed by atoms with Gasteiger partial charge in [-0.3, -0.25) is 0 Å². The first-order chi connectivity index (χ1) is 11.6. The second kappa shape index (κ2) is 8.97. The number of urea groups is 1. The van der Waals surface area contributed by atoms with E-state index in [0.717, 1.165) is 30.8 Å². The molecule has 8 heteroatoms. The van der Waals surface area contributed by atoms with Gasteiger partial charge in [-0.15, -0.1) is 5.10 Å². The Balaban J connectivity index is 1.67. The van der Waals surface area contributed by atoms with Gasteiger partial charge in [0.15, 0.2) is 0 Å². The van der Waals surface area contributed by atoms with Crippen LogP contribution >= 0.6 is 0 Å². The summed E-state index contributed by atoms with van der Waals surface area (Å²) in [5.41, 5.74) is 1.56. The molecule has 0 radical (unpaired) electrons. The quantitative estimate of drug-likeness (QED) is 0.721. The summed E-state index contributed by atoms with van der Waals surface area (Å²) in [6.45, 7) is 6.06. The minimum absolute atomic E-state index is 0.192. The molecule has 0 fully saturated rings. The number of unbranched alkanes of at least 4 members (excludes halogenated alkanes) is 1. The van der Waals surface area contributed by atoms with Crippen LogP contribution in [0.5, 0.6) is 0 Å². The highest BCUT2D eigenvalue weighted by molar-refractivity contribution is 5.89. The summed E-state index contributed by atoms with van der Waals surface area (Å²) in [5, 5.41) is 16.7. The van der Waals surface area contributed by atoms with Crippen molar-refractivity contribution < 1.29 is 4.79 Å². The van der Waals surface area contributed by atoms with Gasteiger partial charge in [0.1, 0.15) is 6.33 Å². The Morgan fingerprint density at radius 2 is 2.00 bits per heavy atom. The Morgan fingerprint density at radius 1 is 1.25 bits per heavy atom. The van der Waals surface area contributed by atoms with E-state index in [1.54, 1.807) is 4.68 Å². The summed E-state index contributed by atoms with van der Waals surface area (Å²) in [6.07, 6.45) is 3.55. The number of amides is 2. The average Bonchev–Trinajstić information content (AvgIpc) is 3.09. The van der Waals surface area contributed by atoms with Gasteiger partial charge < -0.3 is 15.5 Å². The predicted octanol–water partition coefficient (Wildman–Crippen LogP) is 1.90. The maximum absolute atomic E-state index is 11.9. The Bertz CT molecular complexity index is 610. The van der Waals surface area contributed by atoms with Gasteiger partial charge in [0.2, 0.25) is 0 Å². The van der Waals surface area contributed by atoms with Crippen LogP contribution in [-0.4, -0.2) is 57.3 Å². The van der Waals surface area contributed by atoms with Crippen molar-refractivity contribution in [1.29, 1.82) is 0 Å². The van der Waals surface area contributed by atoms with Gasteiger partial charge in [-0.05, 0) is 75.0 Å². The van der Waals surface area contributed by atoms with Crippen LogP contribution in [0.2, 0.25) is 0 Å². The molecule has 0 aliphatic carbocycles. The highest BCUT2D eigenvalue weighted by Crippen LogP contribution is 2.11. The Morgan fingerprint density at radius 3 is 2.62 bits per heavy atom. The molecule has 130 valence electrons. The van der Waals surface area contributed by atoms with Crippen LogP contribution in [0.15, 0.2) is 30.6 Å². The highest BCUT2D eigenvalue weighted by atomic mass is 16.2. The molecule has 8 nitrogen and oxygen atoms in total. The predicted molar refractivity (Wildman–Crippen MR) is 93.2 cm³/mol. The molecule has 0 aliphatic rings. The molecule has 24 heavy (non-hydrogen) atoms. The molecule has 0 bridgehead atoms. The van der Waals surface area contributed by atoms with Crippen molar-refractivity contribution in [3.63, 3.8) is 0 Å². The van der Waals surface area contributed by atoms with E-state index in [1.165, 1.54) is 6.33 Å². The number of anilines is 1. The van der Waals surface area contributed by atoms with Crippen molar-refractivity contribution in [3.8, 4) is 5.69 Å². The van der Waals surface area contributed by atoms with Gasteiger partial charge in [-0.25, -0.2) is 9.48 Å².